The van der Waals surface area contributed by atoms with Crippen LogP contribution in [0.4, 0.5) is 5.69 Å². The van der Waals surface area contributed by atoms with Crippen LogP contribution in [0.5, 0.6) is 11.5 Å². The lowest BCUT2D eigenvalue weighted by Crippen LogP contribution is -2.54. The summed E-state index contributed by atoms with van der Waals surface area (Å²) in [5, 5.41) is 7.80. The molecule has 0 aromatic heterocycles. The highest BCUT2D eigenvalue weighted by atomic mass is 32.2. The van der Waals surface area contributed by atoms with Crippen molar-refractivity contribution < 1.29 is 27.5 Å². The van der Waals surface area contributed by atoms with Crippen LogP contribution in [-0.2, 0) is 19.6 Å². The molecular formula is C21H24N4O6S. The molecule has 170 valence electrons. The highest BCUT2D eigenvalue weighted by molar-refractivity contribution is 7.89. The predicted octanol–water partition coefficient (Wildman–Crippen LogP) is 0.257. The molecule has 3 N–H and O–H groups in total. The second-order valence-electron chi connectivity index (χ2n) is 7.58. The number of carbonyl (C=O) groups excluding carboxylic acids is 2. The van der Waals surface area contributed by atoms with Gasteiger partial charge in [0.1, 0.15) is 6.61 Å². The lowest BCUT2D eigenvalue weighted by atomic mass is 10.2. The van der Waals surface area contributed by atoms with Crippen LogP contribution in [0.2, 0.25) is 0 Å². The maximum Gasteiger partial charge on any atom is 0.267 e. The number of nitrogens with two attached hydrogens (primary N) is 1. The van der Waals surface area contributed by atoms with Crippen LogP contribution >= 0.6 is 0 Å². The third-order valence-corrected chi connectivity index (χ3v) is 6.23. The SMILES string of the molecule is NS(=O)(=O)c1ccc(NC(=O)CN2CCN(C(=O)[C@@H]3COc4ccccc4O3)CC2)cc1. The predicted molar refractivity (Wildman–Crippen MR) is 116 cm³/mol. The van der Waals surface area contributed by atoms with Gasteiger partial charge in [0.25, 0.3) is 5.91 Å². The van der Waals surface area contributed by atoms with Gasteiger partial charge in [-0.1, -0.05) is 12.1 Å². The zero-order chi connectivity index (χ0) is 22.7. The number of hydrogen-bond donors (Lipinski definition) is 2. The van der Waals surface area contributed by atoms with E-state index in [0.29, 0.717) is 43.4 Å². The van der Waals surface area contributed by atoms with E-state index in [9.17, 15) is 18.0 Å². The largest absolute Gasteiger partial charge is 0.485 e. The monoisotopic (exact) mass is 460 g/mol. The summed E-state index contributed by atoms with van der Waals surface area (Å²) in [5.74, 6) is 0.837. The molecule has 4 rings (SSSR count). The summed E-state index contributed by atoms with van der Waals surface area (Å²) in [4.78, 5) is 28.8. The summed E-state index contributed by atoms with van der Waals surface area (Å²) in [6, 6.07) is 12.9. The van der Waals surface area contributed by atoms with Gasteiger partial charge in [0.15, 0.2) is 11.5 Å². The zero-order valence-corrected chi connectivity index (χ0v) is 18.1. The molecule has 1 atom stereocenters. The lowest BCUT2D eigenvalue weighted by Gasteiger charge is -2.36. The van der Waals surface area contributed by atoms with Gasteiger partial charge in [-0.2, -0.15) is 0 Å². The number of ether oxygens (including phenoxy) is 2. The van der Waals surface area contributed by atoms with E-state index >= 15 is 0 Å². The van der Waals surface area contributed by atoms with E-state index in [0.717, 1.165) is 0 Å². The number of anilines is 1. The minimum atomic E-state index is -3.78. The fourth-order valence-corrected chi connectivity index (χ4v) is 4.12. The summed E-state index contributed by atoms with van der Waals surface area (Å²) in [6.07, 6.45) is -0.681. The minimum Gasteiger partial charge on any atom is -0.485 e. The van der Waals surface area contributed by atoms with Crippen molar-refractivity contribution in [2.24, 2.45) is 5.14 Å². The first-order valence-electron chi connectivity index (χ1n) is 10.1. The number of sulfonamides is 1. The molecule has 0 spiro atoms. The van der Waals surface area contributed by atoms with Crippen LogP contribution in [0.25, 0.3) is 0 Å². The molecule has 0 unspecified atom stereocenters. The smallest absolute Gasteiger partial charge is 0.267 e. The third kappa shape index (κ3) is 5.18. The number of piperazine rings is 1. The second-order valence-corrected chi connectivity index (χ2v) is 9.14. The molecule has 10 nitrogen and oxygen atoms in total. The molecular weight excluding hydrogens is 436 g/mol. The molecule has 0 saturated carbocycles. The van der Waals surface area contributed by atoms with E-state index in [4.69, 9.17) is 14.6 Å². The molecule has 2 aliphatic heterocycles. The lowest BCUT2D eigenvalue weighted by molar-refractivity contribution is -0.143. The maximum atomic E-state index is 12.8. The van der Waals surface area contributed by atoms with Crippen LogP contribution in [0.1, 0.15) is 0 Å². The Labute approximate surface area is 185 Å². The molecule has 2 heterocycles. The minimum absolute atomic E-state index is 0.0212. The number of hydrogen-bond acceptors (Lipinski definition) is 7. The van der Waals surface area contributed by atoms with E-state index in [2.05, 4.69) is 5.32 Å². The molecule has 2 aromatic carbocycles. The number of rotatable bonds is 5. The standard InChI is InChI=1S/C21H24N4O6S/c22-32(28,29)16-7-5-15(6-8-16)23-20(26)13-24-9-11-25(12-10-24)21(27)19-14-30-17-3-1-2-4-18(17)31-19/h1-8,19H,9-14H2,(H,23,26)(H2,22,28,29)/t19-/m0/s1. The van der Waals surface area contributed by atoms with Crippen molar-refractivity contribution in [2.45, 2.75) is 11.0 Å². The summed E-state index contributed by atoms with van der Waals surface area (Å²) >= 11 is 0. The molecule has 2 aromatic rings. The molecule has 0 aliphatic carbocycles. The molecule has 32 heavy (non-hydrogen) atoms. The van der Waals surface area contributed by atoms with E-state index in [-0.39, 0.29) is 29.9 Å². The van der Waals surface area contributed by atoms with Gasteiger partial charge in [0, 0.05) is 31.9 Å². The van der Waals surface area contributed by atoms with Gasteiger partial charge in [0.2, 0.25) is 22.0 Å². The number of amides is 2. The van der Waals surface area contributed by atoms with Gasteiger partial charge < -0.3 is 19.7 Å². The Balaban J connectivity index is 1.24. The third-order valence-electron chi connectivity index (χ3n) is 5.30. The van der Waals surface area contributed by atoms with Crippen molar-refractivity contribution in [3.05, 3.63) is 48.5 Å². The molecule has 0 bridgehead atoms. The quantitative estimate of drug-likeness (QED) is 0.654. The Morgan fingerprint density at radius 2 is 1.66 bits per heavy atom. The first kappa shape index (κ1) is 22.1. The van der Waals surface area contributed by atoms with Crippen LogP contribution in [0.3, 0.4) is 0 Å². The number of nitrogens with one attached hydrogen (secondary N) is 1. The average molecular weight is 461 g/mol. The van der Waals surface area contributed by atoms with Gasteiger partial charge in [-0.25, -0.2) is 13.6 Å². The molecule has 0 radical (unpaired) electrons. The van der Waals surface area contributed by atoms with Crippen LogP contribution in [-0.4, -0.2) is 75.5 Å². The summed E-state index contributed by atoms with van der Waals surface area (Å²) < 4.78 is 34.0. The van der Waals surface area contributed by atoms with Gasteiger partial charge >= 0.3 is 0 Å². The number of primary sulfonamides is 1. The highest BCUT2D eigenvalue weighted by Crippen LogP contribution is 2.31. The molecule has 1 fully saturated rings. The normalized spacial score (nSPS) is 18.8. The van der Waals surface area contributed by atoms with Crippen molar-refractivity contribution in [1.29, 1.82) is 0 Å². The average Bonchev–Trinajstić information content (AvgIpc) is 2.78. The van der Waals surface area contributed by atoms with Crippen molar-refractivity contribution >= 4 is 27.5 Å². The van der Waals surface area contributed by atoms with E-state index in [1.54, 1.807) is 17.0 Å². The van der Waals surface area contributed by atoms with Crippen LogP contribution in [0, 0.1) is 0 Å². The van der Waals surface area contributed by atoms with Gasteiger partial charge in [-0.15, -0.1) is 0 Å². The number of para-hydroxylation sites is 2. The number of carbonyl (C=O) groups is 2. The number of benzene rings is 2. The Kier molecular flexibility index (Phi) is 6.31. The summed E-state index contributed by atoms with van der Waals surface area (Å²) in [5.41, 5.74) is 0.478. The van der Waals surface area contributed by atoms with Gasteiger partial charge in [-0.05, 0) is 36.4 Å². The van der Waals surface area contributed by atoms with Crippen molar-refractivity contribution in [3.63, 3.8) is 0 Å². The first-order chi connectivity index (χ1) is 15.3. The van der Waals surface area contributed by atoms with E-state index in [1.165, 1.54) is 24.3 Å². The fourth-order valence-electron chi connectivity index (χ4n) is 3.60. The van der Waals surface area contributed by atoms with Gasteiger partial charge in [0.05, 0.1) is 11.4 Å². The van der Waals surface area contributed by atoms with Gasteiger partial charge in [-0.3, -0.25) is 14.5 Å². The molecule has 11 heteroatoms. The summed E-state index contributed by atoms with van der Waals surface area (Å²) in [6.45, 7) is 2.40. The van der Waals surface area contributed by atoms with E-state index < -0.39 is 16.1 Å². The Bertz CT molecular complexity index is 1100. The first-order valence-corrected chi connectivity index (χ1v) is 11.7. The Morgan fingerprint density at radius 3 is 2.31 bits per heavy atom. The molecule has 2 amide bonds. The summed E-state index contributed by atoms with van der Waals surface area (Å²) in [7, 11) is -3.78. The van der Waals surface area contributed by atoms with Crippen molar-refractivity contribution in [2.75, 3.05) is 44.6 Å². The fraction of sp³-hybridized carbons (Fsp3) is 0.333. The van der Waals surface area contributed by atoms with Crippen LogP contribution in [0.15, 0.2) is 53.4 Å². The van der Waals surface area contributed by atoms with Crippen molar-refractivity contribution in [3.8, 4) is 11.5 Å². The Hall–Kier alpha value is -3.15. The van der Waals surface area contributed by atoms with Crippen LogP contribution < -0.4 is 19.9 Å². The molecule has 2 aliphatic rings. The van der Waals surface area contributed by atoms with Crippen molar-refractivity contribution in [1.82, 2.24) is 9.80 Å². The second kappa shape index (κ2) is 9.15. The highest BCUT2D eigenvalue weighted by Gasteiger charge is 2.32. The van der Waals surface area contributed by atoms with E-state index in [1.807, 2.05) is 17.0 Å². The number of fused-ring (bicyclic) bond motifs is 1. The number of nitrogens with zero attached hydrogens (tertiary/aromatic N) is 2. The molecule has 1 saturated heterocycles. The maximum absolute atomic E-state index is 12.8. The zero-order valence-electron chi connectivity index (χ0n) is 17.3. The Morgan fingerprint density at radius 1 is 1.00 bits per heavy atom. The topological polar surface area (TPSA) is 131 Å².